The Labute approximate surface area is 86.0 Å². The lowest BCUT2D eigenvalue weighted by Crippen LogP contribution is -2.48. The molecule has 14 heavy (non-hydrogen) atoms. The maximum atomic E-state index is 11.3. The van der Waals surface area contributed by atoms with Gasteiger partial charge in [0.1, 0.15) is 0 Å². The molecule has 1 unspecified atom stereocenters. The Balaban J connectivity index is 2.25. The zero-order valence-electron chi connectivity index (χ0n) is 9.18. The van der Waals surface area contributed by atoms with E-state index in [0.29, 0.717) is 12.5 Å². The quantitative estimate of drug-likeness (QED) is 0.659. The first-order chi connectivity index (χ1) is 6.74. The summed E-state index contributed by atoms with van der Waals surface area (Å²) in [5, 5.41) is 6.14. The van der Waals surface area contributed by atoms with Crippen LogP contribution in [0.25, 0.3) is 0 Å². The zero-order valence-corrected chi connectivity index (χ0v) is 9.18. The summed E-state index contributed by atoms with van der Waals surface area (Å²) in [6.45, 7) is 9.00. The molecule has 0 radical (unpaired) electrons. The molecule has 0 bridgehead atoms. The summed E-state index contributed by atoms with van der Waals surface area (Å²) >= 11 is 0. The first-order valence-corrected chi connectivity index (χ1v) is 5.45. The van der Waals surface area contributed by atoms with E-state index in [9.17, 15) is 4.79 Å². The lowest BCUT2D eigenvalue weighted by Gasteiger charge is -2.32. The van der Waals surface area contributed by atoms with Crippen molar-refractivity contribution in [2.75, 3.05) is 32.7 Å². The van der Waals surface area contributed by atoms with Gasteiger partial charge in [-0.2, -0.15) is 0 Å². The van der Waals surface area contributed by atoms with E-state index in [1.165, 1.54) is 0 Å². The Morgan fingerprint density at radius 3 is 2.71 bits per heavy atom. The number of amides is 1. The third kappa shape index (κ3) is 3.64. The molecular weight excluding hydrogens is 178 g/mol. The van der Waals surface area contributed by atoms with Gasteiger partial charge in [0, 0.05) is 45.2 Å². The summed E-state index contributed by atoms with van der Waals surface area (Å²) in [4.78, 5) is 13.7. The third-order valence-electron chi connectivity index (χ3n) is 2.63. The SMILES string of the molecule is CCNC(=O)CC(C)N1CCNCC1. The molecular formula is C10H21N3O. The minimum atomic E-state index is 0.165. The normalized spacial score (nSPS) is 20.4. The lowest BCUT2D eigenvalue weighted by atomic mass is 10.1. The number of hydrogen-bond donors (Lipinski definition) is 2. The molecule has 1 rings (SSSR count). The van der Waals surface area contributed by atoms with E-state index < -0.39 is 0 Å². The molecule has 0 aliphatic carbocycles. The van der Waals surface area contributed by atoms with Crippen LogP contribution in [0.3, 0.4) is 0 Å². The number of nitrogens with one attached hydrogen (secondary N) is 2. The lowest BCUT2D eigenvalue weighted by molar-refractivity contribution is -0.122. The molecule has 82 valence electrons. The Kier molecular flexibility index (Phi) is 4.90. The van der Waals surface area contributed by atoms with Crippen molar-refractivity contribution in [2.24, 2.45) is 0 Å². The van der Waals surface area contributed by atoms with Crippen molar-refractivity contribution in [1.82, 2.24) is 15.5 Å². The fourth-order valence-electron chi connectivity index (χ4n) is 1.79. The van der Waals surface area contributed by atoms with Crippen LogP contribution in [0.2, 0.25) is 0 Å². The fourth-order valence-corrected chi connectivity index (χ4v) is 1.79. The van der Waals surface area contributed by atoms with Gasteiger partial charge < -0.3 is 10.6 Å². The highest BCUT2D eigenvalue weighted by molar-refractivity contribution is 5.76. The third-order valence-corrected chi connectivity index (χ3v) is 2.63. The highest BCUT2D eigenvalue weighted by Crippen LogP contribution is 2.04. The van der Waals surface area contributed by atoms with Gasteiger partial charge >= 0.3 is 0 Å². The van der Waals surface area contributed by atoms with E-state index in [2.05, 4.69) is 22.5 Å². The smallest absolute Gasteiger partial charge is 0.221 e. The van der Waals surface area contributed by atoms with Crippen molar-refractivity contribution >= 4 is 5.91 Å². The van der Waals surface area contributed by atoms with E-state index in [4.69, 9.17) is 0 Å². The predicted octanol–water partition coefficient (Wildman–Crippen LogP) is -0.194. The van der Waals surface area contributed by atoms with Gasteiger partial charge in [0.15, 0.2) is 0 Å². The van der Waals surface area contributed by atoms with Gasteiger partial charge in [0.05, 0.1) is 0 Å². The predicted molar refractivity (Wildman–Crippen MR) is 57.2 cm³/mol. The minimum absolute atomic E-state index is 0.165. The standard InChI is InChI=1S/C10H21N3O/c1-3-12-10(14)8-9(2)13-6-4-11-5-7-13/h9,11H,3-8H2,1-2H3,(H,12,14). The Morgan fingerprint density at radius 1 is 1.50 bits per heavy atom. The molecule has 1 heterocycles. The maximum Gasteiger partial charge on any atom is 0.221 e. The summed E-state index contributed by atoms with van der Waals surface area (Å²) in [7, 11) is 0. The number of carbonyl (C=O) groups excluding carboxylic acids is 1. The first kappa shape index (κ1) is 11.5. The Morgan fingerprint density at radius 2 is 2.14 bits per heavy atom. The summed E-state index contributed by atoms with van der Waals surface area (Å²) < 4.78 is 0. The van der Waals surface area contributed by atoms with Gasteiger partial charge in [-0.25, -0.2) is 0 Å². The molecule has 2 N–H and O–H groups in total. The van der Waals surface area contributed by atoms with Gasteiger partial charge in [0.25, 0.3) is 0 Å². The van der Waals surface area contributed by atoms with E-state index >= 15 is 0 Å². The number of nitrogens with zero attached hydrogens (tertiary/aromatic N) is 1. The molecule has 1 aliphatic heterocycles. The van der Waals surface area contributed by atoms with Crippen molar-refractivity contribution in [3.8, 4) is 0 Å². The van der Waals surface area contributed by atoms with Crippen LogP contribution in [0.1, 0.15) is 20.3 Å². The van der Waals surface area contributed by atoms with Crippen molar-refractivity contribution in [2.45, 2.75) is 26.3 Å². The molecule has 0 saturated carbocycles. The van der Waals surface area contributed by atoms with Crippen LogP contribution in [-0.2, 0) is 4.79 Å². The number of rotatable bonds is 4. The Hall–Kier alpha value is -0.610. The van der Waals surface area contributed by atoms with Crippen LogP contribution in [0, 0.1) is 0 Å². The summed E-state index contributed by atoms with van der Waals surface area (Å²) in [6.07, 6.45) is 0.619. The molecule has 1 fully saturated rings. The monoisotopic (exact) mass is 199 g/mol. The number of piperazine rings is 1. The fraction of sp³-hybridized carbons (Fsp3) is 0.900. The average molecular weight is 199 g/mol. The summed E-state index contributed by atoms with van der Waals surface area (Å²) in [6, 6.07) is 0.364. The van der Waals surface area contributed by atoms with Crippen molar-refractivity contribution < 1.29 is 4.79 Å². The first-order valence-electron chi connectivity index (χ1n) is 5.45. The molecule has 0 aromatic carbocycles. The molecule has 4 nitrogen and oxygen atoms in total. The molecule has 1 amide bonds. The van der Waals surface area contributed by atoms with Gasteiger partial charge in [-0.15, -0.1) is 0 Å². The highest BCUT2D eigenvalue weighted by atomic mass is 16.1. The second-order valence-corrected chi connectivity index (χ2v) is 3.79. The molecule has 0 aromatic rings. The second-order valence-electron chi connectivity index (χ2n) is 3.79. The minimum Gasteiger partial charge on any atom is -0.356 e. The topological polar surface area (TPSA) is 44.4 Å². The summed E-state index contributed by atoms with van der Waals surface area (Å²) in [5.74, 6) is 0.165. The van der Waals surface area contributed by atoms with E-state index in [1.807, 2.05) is 6.92 Å². The maximum absolute atomic E-state index is 11.3. The molecule has 0 spiro atoms. The number of carbonyl (C=O) groups is 1. The van der Waals surface area contributed by atoms with Crippen LogP contribution < -0.4 is 10.6 Å². The van der Waals surface area contributed by atoms with E-state index in [1.54, 1.807) is 0 Å². The van der Waals surface area contributed by atoms with Crippen LogP contribution in [0.4, 0.5) is 0 Å². The molecule has 1 atom stereocenters. The summed E-state index contributed by atoms with van der Waals surface area (Å²) in [5.41, 5.74) is 0. The second kappa shape index (κ2) is 5.98. The average Bonchev–Trinajstić information content (AvgIpc) is 2.19. The van der Waals surface area contributed by atoms with Crippen LogP contribution in [0.15, 0.2) is 0 Å². The van der Waals surface area contributed by atoms with E-state index in [0.717, 1.165) is 32.7 Å². The molecule has 1 aliphatic rings. The van der Waals surface area contributed by atoms with E-state index in [-0.39, 0.29) is 5.91 Å². The van der Waals surface area contributed by atoms with Crippen molar-refractivity contribution in [3.05, 3.63) is 0 Å². The van der Waals surface area contributed by atoms with Crippen LogP contribution in [0.5, 0.6) is 0 Å². The highest BCUT2D eigenvalue weighted by Gasteiger charge is 2.18. The van der Waals surface area contributed by atoms with Gasteiger partial charge in [-0.1, -0.05) is 0 Å². The zero-order chi connectivity index (χ0) is 10.4. The van der Waals surface area contributed by atoms with Crippen molar-refractivity contribution in [1.29, 1.82) is 0 Å². The van der Waals surface area contributed by atoms with Gasteiger partial charge in [-0.3, -0.25) is 9.69 Å². The van der Waals surface area contributed by atoms with Crippen molar-refractivity contribution in [3.63, 3.8) is 0 Å². The Bertz CT molecular complexity index is 178. The van der Waals surface area contributed by atoms with Crippen LogP contribution >= 0.6 is 0 Å². The number of hydrogen-bond acceptors (Lipinski definition) is 3. The molecule has 1 saturated heterocycles. The van der Waals surface area contributed by atoms with Crippen LogP contribution in [-0.4, -0.2) is 49.6 Å². The van der Waals surface area contributed by atoms with Gasteiger partial charge in [0.2, 0.25) is 5.91 Å². The van der Waals surface area contributed by atoms with Gasteiger partial charge in [-0.05, 0) is 13.8 Å². The largest absolute Gasteiger partial charge is 0.356 e. The molecule has 4 heteroatoms. The molecule has 0 aromatic heterocycles.